The van der Waals surface area contributed by atoms with Gasteiger partial charge in [0.05, 0.1) is 26.2 Å². The molecule has 0 aromatic rings. The fourth-order valence-corrected chi connectivity index (χ4v) is 1.53. The summed E-state index contributed by atoms with van der Waals surface area (Å²) in [6.07, 6.45) is -1.24. The molecule has 0 radical (unpaired) electrons. The third-order valence-corrected chi connectivity index (χ3v) is 2.74. The van der Waals surface area contributed by atoms with E-state index in [-0.39, 0.29) is 22.8 Å². The number of rotatable bonds is 5. The van der Waals surface area contributed by atoms with Crippen LogP contribution in [0.4, 0.5) is 0 Å². The maximum Gasteiger partial charge on any atom is 0.344 e. The summed E-state index contributed by atoms with van der Waals surface area (Å²) in [5, 5.41) is 17.9. The van der Waals surface area contributed by atoms with Gasteiger partial charge in [-0.1, -0.05) is 0 Å². The Morgan fingerprint density at radius 3 is 1.79 bits per heavy atom. The topological polar surface area (TPSA) is 57.5 Å². The molecule has 4 nitrogen and oxygen atoms in total. The number of aliphatic hydroxyl groups excluding tert-OH is 2. The molecule has 1 amide bonds. The molecule has 0 aromatic carbocycles. The largest absolute Gasteiger partial charge is 1.00 e. The lowest BCUT2D eigenvalue weighted by Crippen LogP contribution is -3.00. The molecule has 0 aromatic heterocycles. The highest BCUT2D eigenvalue weighted by Crippen LogP contribution is 2.09. The van der Waals surface area contributed by atoms with Crippen molar-refractivity contribution in [1.82, 2.24) is 0 Å². The second-order valence-electron chi connectivity index (χ2n) is 3.13. The van der Waals surface area contributed by atoms with Crippen molar-refractivity contribution in [2.24, 2.45) is 0 Å². The average molecular weight is 226 g/mol. The highest BCUT2D eigenvalue weighted by atomic mass is 35.5. The van der Waals surface area contributed by atoms with E-state index >= 15 is 0 Å². The molecule has 14 heavy (non-hydrogen) atoms. The van der Waals surface area contributed by atoms with Crippen molar-refractivity contribution in [3.8, 4) is 0 Å². The van der Waals surface area contributed by atoms with E-state index in [1.54, 1.807) is 0 Å². The molecule has 1 atom stereocenters. The van der Waals surface area contributed by atoms with Crippen LogP contribution < -0.4 is 12.4 Å². The molecule has 0 spiro atoms. The number of nitrogens with zero attached hydrogens (tertiary/aromatic N) is 1. The summed E-state index contributed by atoms with van der Waals surface area (Å²) in [7, 11) is 0. The first-order chi connectivity index (χ1) is 6.07. The molecule has 0 saturated heterocycles. The summed E-state index contributed by atoms with van der Waals surface area (Å²) in [4.78, 5) is 11.7. The molecule has 0 aliphatic heterocycles. The Labute approximate surface area is 91.5 Å². The minimum absolute atomic E-state index is 0. The van der Waals surface area contributed by atoms with Crippen LogP contribution in [-0.4, -0.2) is 52.9 Å². The van der Waals surface area contributed by atoms with E-state index in [1.165, 1.54) is 0 Å². The maximum absolute atomic E-state index is 11.7. The quantitative estimate of drug-likeness (QED) is 0.484. The van der Waals surface area contributed by atoms with Crippen LogP contribution >= 0.6 is 0 Å². The lowest BCUT2D eigenvalue weighted by atomic mass is 10.2. The van der Waals surface area contributed by atoms with Crippen molar-refractivity contribution in [1.29, 1.82) is 0 Å². The lowest BCUT2D eigenvalue weighted by molar-refractivity contribution is -0.850. The minimum Gasteiger partial charge on any atom is -1.00 e. The van der Waals surface area contributed by atoms with Gasteiger partial charge >= 0.3 is 5.91 Å². The van der Waals surface area contributed by atoms with E-state index in [9.17, 15) is 9.90 Å². The molecule has 1 unspecified atom stereocenters. The van der Waals surface area contributed by atoms with Crippen LogP contribution in [0, 0.1) is 0 Å². The van der Waals surface area contributed by atoms with Crippen LogP contribution in [0.1, 0.15) is 20.8 Å². The van der Waals surface area contributed by atoms with E-state index in [1.807, 2.05) is 20.8 Å². The number of carbonyl (C=O) groups excluding carboxylic acids is 1. The van der Waals surface area contributed by atoms with Crippen molar-refractivity contribution in [2.75, 3.05) is 26.2 Å². The first kappa shape index (κ1) is 16.3. The van der Waals surface area contributed by atoms with Gasteiger partial charge in [-0.2, -0.15) is 0 Å². The van der Waals surface area contributed by atoms with Gasteiger partial charge in [-0.3, -0.25) is 4.48 Å². The Balaban J connectivity index is 0. The number of aliphatic hydroxyl groups is 2. The zero-order valence-corrected chi connectivity index (χ0v) is 9.79. The number of hydrogen-bond acceptors (Lipinski definition) is 3. The van der Waals surface area contributed by atoms with Gasteiger partial charge < -0.3 is 22.6 Å². The lowest BCUT2D eigenvalue weighted by Gasteiger charge is -2.33. The summed E-state index contributed by atoms with van der Waals surface area (Å²) in [6, 6.07) is 0. The molecule has 0 bridgehead atoms. The highest BCUT2D eigenvalue weighted by molar-refractivity contribution is 5.74. The number of carbonyl (C=O) groups is 1. The van der Waals surface area contributed by atoms with Crippen LogP contribution in [0.2, 0.25) is 0 Å². The molecule has 0 aliphatic carbocycles. The van der Waals surface area contributed by atoms with Crippen LogP contribution in [0.3, 0.4) is 0 Å². The van der Waals surface area contributed by atoms with Crippen molar-refractivity contribution < 1.29 is 31.9 Å². The van der Waals surface area contributed by atoms with Gasteiger partial charge in [0.2, 0.25) is 0 Å². The zero-order chi connectivity index (χ0) is 10.5. The van der Waals surface area contributed by atoms with Crippen LogP contribution in [-0.2, 0) is 4.79 Å². The molecule has 5 heteroatoms. The van der Waals surface area contributed by atoms with Gasteiger partial charge in [-0.05, 0) is 20.8 Å². The Morgan fingerprint density at radius 1 is 1.21 bits per heavy atom. The molecule has 0 heterocycles. The molecular formula is C9H20ClNO3. The van der Waals surface area contributed by atoms with Gasteiger partial charge in [0.15, 0.2) is 6.10 Å². The third-order valence-electron chi connectivity index (χ3n) is 2.74. The number of amides is 1. The van der Waals surface area contributed by atoms with E-state index in [2.05, 4.69) is 0 Å². The number of halogens is 1. The van der Waals surface area contributed by atoms with E-state index in [0.29, 0.717) is 19.6 Å². The predicted molar refractivity (Wildman–Crippen MR) is 50.0 cm³/mol. The van der Waals surface area contributed by atoms with Crippen LogP contribution in [0.25, 0.3) is 0 Å². The van der Waals surface area contributed by atoms with Crippen molar-refractivity contribution >= 4 is 5.91 Å². The van der Waals surface area contributed by atoms with Gasteiger partial charge in [-0.25, -0.2) is 4.79 Å². The molecule has 2 N–H and O–H groups in total. The molecule has 0 fully saturated rings. The van der Waals surface area contributed by atoms with E-state index in [0.717, 1.165) is 0 Å². The summed E-state index contributed by atoms with van der Waals surface area (Å²) in [6.45, 7) is 7.21. The number of likely N-dealkylation sites (N-methyl/N-ethyl adjacent to an activating group) is 1. The first-order valence-electron chi connectivity index (χ1n) is 4.77. The monoisotopic (exact) mass is 225 g/mol. The smallest absolute Gasteiger partial charge is 0.344 e. The van der Waals surface area contributed by atoms with Gasteiger partial charge in [-0.15, -0.1) is 0 Å². The van der Waals surface area contributed by atoms with Crippen LogP contribution in [0.15, 0.2) is 0 Å². The molecule has 0 saturated carbocycles. The van der Waals surface area contributed by atoms with E-state index < -0.39 is 12.7 Å². The average Bonchev–Trinajstić information content (AvgIpc) is 2.20. The van der Waals surface area contributed by atoms with Crippen molar-refractivity contribution in [2.45, 2.75) is 26.9 Å². The van der Waals surface area contributed by atoms with Gasteiger partial charge in [0, 0.05) is 0 Å². The second kappa shape index (κ2) is 7.17. The maximum atomic E-state index is 11.7. The summed E-state index contributed by atoms with van der Waals surface area (Å²) in [5.74, 6) is -0.282. The van der Waals surface area contributed by atoms with Crippen molar-refractivity contribution in [3.05, 3.63) is 0 Å². The SMILES string of the molecule is CC[N+](CC)(CC)C(=O)C(O)CO.[Cl-]. The third kappa shape index (κ3) is 3.20. The van der Waals surface area contributed by atoms with Crippen molar-refractivity contribution in [3.63, 3.8) is 0 Å². The molecule has 86 valence electrons. The van der Waals surface area contributed by atoms with Gasteiger partial charge in [0.1, 0.15) is 0 Å². The number of hydrogen-bond donors (Lipinski definition) is 2. The summed E-state index contributed by atoms with van der Waals surface area (Å²) < 4.78 is 0.238. The van der Waals surface area contributed by atoms with Crippen LogP contribution in [0.5, 0.6) is 0 Å². The van der Waals surface area contributed by atoms with Gasteiger partial charge in [0.25, 0.3) is 0 Å². The fraction of sp³-hybridized carbons (Fsp3) is 0.889. The highest BCUT2D eigenvalue weighted by Gasteiger charge is 2.36. The minimum atomic E-state index is -1.24. The second-order valence-corrected chi connectivity index (χ2v) is 3.13. The standard InChI is InChI=1S/C9H20NO3.ClH/c1-4-10(5-2,6-3)9(13)8(12)7-11;/h8,11-12H,4-7H2,1-3H3;1H/q+1;/p-1. The predicted octanol–water partition coefficient (Wildman–Crippen LogP) is -3.25. The Kier molecular flexibility index (Phi) is 8.34. The molecular weight excluding hydrogens is 206 g/mol. The first-order valence-corrected chi connectivity index (χ1v) is 4.77. The molecule has 0 aliphatic rings. The summed E-state index contributed by atoms with van der Waals surface area (Å²) >= 11 is 0. The Hall–Kier alpha value is -0.160. The summed E-state index contributed by atoms with van der Waals surface area (Å²) in [5.41, 5.74) is 0. The Morgan fingerprint density at radius 2 is 1.57 bits per heavy atom. The number of quaternary nitrogens is 1. The normalized spacial score (nSPS) is 13.2. The Bertz CT molecular complexity index is 163. The fourth-order valence-electron chi connectivity index (χ4n) is 1.53. The zero-order valence-electron chi connectivity index (χ0n) is 9.03. The molecule has 0 rings (SSSR count). The van der Waals surface area contributed by atoms with E-state index in [4.69, 9.17) is 5.11 Å².